The van der Waals surface area contributed by atoms with Crippen molar-refractivity contribution in [3.63, 3.8) is 0 Å². The number of hydrogen-bond donors (Lipinski definition) is 0. The molecule has 3 aromatic carbocycles. The van der Waals surface area contributed by atoms with Crippen LogP contribution in [-0.4, -0.2) is 52.7 Å². The van der Waals surface area contributed by atoms with E-state index < -0.39 is 11.8 Å². The molecule has 5 nitrogen and oxygen atoms in total. The zero-order valence-corrected chi connectivity index (χ0v) is 18.3. The summed E-state index contributed by atoms with van der Waals surface area (Å²) in [5.41, 5.74) is 3.29. The van der Waals surface area contributed by atoms with E-state index >= 15 is 0 Å². The maximum Gasteiger partial charge on any atom is 0.312 e. The number of amides is 2. The van der Waals surface area contributed by atoms with E-state index in [0.29, 0.717) is 26.2 Å². The largest absolute Gasteiger partial charge is 0.332 e. The van der Waals surface area contributed by atoms with Crippen LogP contribution in [0.15, 0.2) is 91.0 Å². The van der Waals surface area contributed by atoms with Gasteiger partial charge in [-0.2, -0.15) is 0 Å². The molecule has 0 aromatic heterocycles. The molecule has 3 aromatic rings. The molecule has 0 bridgehead atoms. The molecule has 5 heteroatoms. The number of rotatable bonds is 6. The minimum atomic E-state index is -0.436. The average Bonchev–Trinajstić information content (AvgIpc) is 2.85. The zero-order chi connectivity index (χ0) is 22.2. The second-order valence-electron chi connectivity index (χ2n) is 8.19. The van der Waals surface area contributed by atoms with Crippen molar-refractivity contribution < 1.29 is 9.59 Å². The molecule has 32 heavy (non-hydrogen) atoms. The van der Waals surface area contributed by atoms with E-state index in [9.17, 15) is 9.59 Å². The molecule has 0 radical (unpaired) electrons. The summed E-state index contributed by atoms with van der Waals surface area (Å²) in [7, 11) is 0. The van der Waals surface area contributed by atoms with Gasteiger partial charge in [0.05, 0.1) is 0 Å². The smallest absolute Gasteiger partial charge is 0.312 e. The summed E-state index contributed by atoms with van der Waals surface area (Å²) in [5, 5.41) is 0. The molecule has 0 atom stereocenters. The first-order chi connectivity index (χ1) is 15.7. The number of hydrogen-bond acceptors (Lipinski definition) is 3. The lowest BCUT2D eigenvalue weighted by molar-refractivity contribution is -0.153. The van der Waals surface area contributed by atoms with Crippen LogP contribution < -0.4 is 0 Å². The highest BCUT2D eigenvalue weighted by Gasteiger charge is 2.29. The van der Waals surface area contributed by atoms with Crippen LogP contribution in [0.25, 0.3) is 0 Å². The van der Waals surface area contributed by atoms with E-state index in [2.05, 4.69) is 17.0 Å². The van der Waals surface area contributed by atoms with Crippen LogP contribution in [-0.2, 0) is 29.2 Å². The molecule has 0 aliphatic carbocycles. The van der Waals surface area contributed by atoms with Crippen molar-refractivity contribution in [2.24, 2.45) is 0 Å². The third kappa shape index (κ3) is 5.83. The maximum absolute atomic E-state index is 13.2. The van der Waals surface area contributed by atoms with Gasteiger partial charge in [-0.3, -0.25) is 14.5 Å². The Bertz CT molecular complexity index is 959. The first kappa shape index (κ1) is 21.8. The summed E-state index contributed by atoms with van der Waals surface area (Å²) < 4.78 is 0. The normalized spacial score (nSPS) is 14.2. The van der Waals surface area contributed by atoms with Gasteiger partial charge >= 0.3 is 11.8 Å². The highest BCUT2D eigenvalue weighted by molar-refractivity contribution is 6.34. The van der Waals surface area contributed by atoms with Gasteiger partial charge in [0.2, 0.25) is 0 Å². The van der Waals surface area contributed by atoms with Crippen molar-refractivity contribution >= 4 is 11.8 Å². The Kier molecular flexibility index (Phi) is 7.31. The predicted octanol–water partition coefficient (Wildman–Crippen LogP) is 3.56. The van der Waals surface area contributed by atoms with E-state index in [0.717, 1.165) is 30.8 Å². The molecular weight excluding hydrogens is 398 g/mol. The first-order valence-corrected chi connectivity index (χ1v) is 11.1. The fraction of sp³-hybridized carbons (Fsp3) is 0.259. The molecule has 0 spiro atoms. The molecule has 0 saturated carbocycles. The highest BCUT2D eigenvalue weighted by atomic mass is 16.2. The van der Waals surface area contributed by atoms with Crippen molar-refractivity contribution in [3.8, 4) is 0 Å². The van der Waals surface area contributed by atoms with Crippen LogP contribution in [0.2, 0.25) is 0 Å². The van der Waals surface area contributed by atoms with E-state index in [1.54, 1.807) is 9.80 Å². The SMILES string of the molecule is O=C(C(=O)N(Cc1ccccc1)Cc1ccccc1)N1CCN(Cc2ccccc2)CC1. The summed E-state index contributed by atoms with van der Waals surface area (Å²) in [4.78, 5) is 32.0. The van der Waals surface area contributed by atoms with Crippen LogP contribution in [0.5, 0.6) is 0 Å². The lowest BCUT2D eigenvalue weighted by atomic mass is 10.1. The molecule has 4 rings (SSSR count). The topological polar surface area (TPSA) is 43.9 Å². The van der Waals surface area contributed by atoms with Crippen molar-refractivity contribution in [1.29, 1.82) is 0 Å². The van der Waals surface area contributed by atoms with Gasteiger partial charge < -0.3 is 9.80 Å². The number of benzene rings is 3. The van der Waals surface area contributed by atoms with Crippen molar-refractivity contribution in [3.05, 3.63) is 108 Å². The fourth-order valence-corrected chi connectivity index (χ4v) is 4.03. The van der Waals surface area contributed by atoms with E-state index in [1.165, 1.54) is 5.56 Å². The molecule has 1 heterocycles. The molecule has 2 amide bonds. The Hall–Kier alpha value is -3.44. The summed E-state index contributed by atoms with van der Waals surface area (Å²) >= 11 is 0. The number of carbonyl (C=O) groups is 2. The highest BCUT2D eigenvalue weighted by Crippen LogP contribution is 2.13. The summed E-state index contributed by atoms with van der Waals surface area (Å²) in [6, 6.07) is 30.0. The van der Waals surface area contributed by atoms with Gasteiger partial charge in [0.25, 0.3) is 0 Å². The third-order valence-corrected chi connectivity index (χ3v) is 5.81. The first-order valence-electron chi connectivity index (χ1n) is 11.1. The van der Waals surface area contributed by atoms with Crippen molar-refractivity contribution in [2.45, 2.75) is 19.6 Å². The van der Waals surface area contributed by atoms with Crippen LogP contribution in [0.1, 0.15) is 16.7 Å². The predicted molar refractivity (Wildman–Crippen MR) is 125 cm³/mol. The van der Waals surface area contributed by atoms with Gasteiger partial charge in [0, 0.05) is 45.8 Å². The molecule has 0 unspecified atom stereocenters. The van der Waals surface area contributed by atoms with Gasteiger partial charge in [-0.05, 0) is 16.7 Å². The van der Waals surface area contributed by atoms with Gasteiger partial charge in [-0.1, -0.05) is 91.0 Å². The van der Waals surface area contributed by atoms with Gasteiger partial charge in [0.1, 0.15) is 0 Å². The van der Waals surface area contributed by atoms with Crippen LogP contribution in [0.4, 0.5) is 0 Å². The standard InChI is InChI=1S/C27H29N3O2/c31-26(29-18-16-28(17-19-29)20-23-10-4-1-5-11-23)27(32)30(21-24-12-6-2-7-13-24)22-25-14-8-3-9-15-25/h1-15H,16-22H2. The Labute approximate surface area is 189 Å². The zero-order valence-electron chi connectivity index (χ0n) is 18.3. The van der Waals surface area contributed by atoms with Gasteiger partial charge in [-0.25, -0.2) is 0 Å². The van der Waals surface area contributed by atoms with Gasteiger partial charge in [-0.15, -0.1) is 0 Å². The molecule has 1 aliphatic rings. The molecule has 1 aliphatic heterocycles. The average molecular weight is 428 g/mol. The fourth-order valence-electron chi connectivity index (χ4n) is 4.03. The monoisotopic (exact) mass is 427 g/mol. The van der Waals surface area contributed by atoms with Crippen LogP contribution in [0, 0.1) is 0 Å². The lowest BCUT2D eigenvalue weighted by Crippen LogP contribution is -2.52. The Morgan fingerprint density at radius 1 is 0.625 bits per heavy atom. The van der Waals surface area contributed by atoms with Crippen molar-refractivity contribution in [2.75, 3.05) is 26.2 Å². The Balaban J connectivity index is 1.39. The number of piperazine rings is 1. The molecule has 1 fully saturated rings. The van der Waals surface area contributed by atoms with Crippen LogP contribution in [0.3, 0.4) is 0 Å². The Morgan fingerprint density at radius 3 is 1.53 bits per heavy atom. The minimum Gasteiger partial charge on any atom is -0.332 e. The second kappa shape index (κ2) is 10.7. The minimum absolute atomic E-state index is 0.406. The lowest BCUT2D eigenvalue weighted by Gasteiger charge is -2.35. The summed E-state index contributed by atoms with van der Waals surface area (Å²) in [6.07, 6.45) is 0. The molecule has 0 N–H and O–H groups in total. The number of nitrogens with zero attached hydrogens (tertiary/aromatic N) is 3. The van der Waals surface area contributed by atoms with E-state index in [1.807, 2.05) is 78.9 Å². The molecular formula is C27H29N3O2. The summed E-state index contributed by atoms with van der Waals surface area (Å²) in [6.45, 7) is 4.37. The molecule has 1 saturated heterocycles. The number of carbonyl (C=O) groups excluding carboxylic acids is 2. The maximum atomic E-state index is 13.2. The van der Waals surface area contributed by atoms with E-state index in [-0.39, 0.29) is 0 Å². The van der Waals surface area contributed by atoms with Crippen molar-refractivity contribution in [1.82, 2.24) is 14.7 Å². The third-order valence-electron chi connectivity index (χ3n) is 5.81. The van der Waals surface area contributed by atoms with E-state index in [4.69, 9.17) is 0 Å². The quantitative estimate of drug-likeness (QED) is 0.565. The summed E-state index contributed by atoms with van der Waals surface area (Å²) in [5.74, 6) is -0.842. The Morgan fingerprint density at radius 2 is 1.06 bits per heavy atom. The van der Waals surface area contributed by atoms with Gasteiger partial charge in [0.15, 0.2) is 0 Å². The molecule has 164 valence electrons. The van der Waals surface area contributed by atoms with Crippen LogP contribution >= 0.6 is 0 Å². The second-order valence-corrected chi connectivity index (χ2v) is 8.19.